The van der Waals surface area contributed by atoms with Gasteiger partial charge in [-0.3, -0.25) is 0 Å². The van der Waals surface area contributed by atoms with E-state index in [-0.39, 0.29) is 10.8 Å². The van der Waals surface area contributed by atoms with Gasteiger partial charge >= 0.3 is 0 Å². The van der Waals surface area contributed by atoms with Crippen molar-refractivity contribution in [3.63, 3.8) is 0 Å². The zero-order valence-corrected chi connectivity index (χ0v) is 10.4. The fourth-order valence-corrected chi connectivity index (χ4v) is 1.96. The molecule has 3 nitrogen and oxygen atoms in total. The Labute approximate surface area is 110 Å². The molecule has 2 aromatic carbocycles. The molecule has 0 aliphatic heterocycles. The summed E-state index contributed by atoms with van der Waals surface area (Å²) in [5, 5.41) is 19.7. The number of aliphatic hydroxyl groups is 1. The number of benzene rings is 2. The molecule has 18 heavy (non-hydrogen) atoms. The highest BCUT2D eigenvalue weighted by Gasteiger charge is 2.19. The fourth-order valence-electron chi connectivity index (χ4n) is 1.77. The summed E-state index contributed by atoms with van der Waals surface area (Å²) < 4.78 is 0. The molecule has 0 spiro atoms. The zero-order valence-electron chi connectivity index (χ0n) is 9.62. The lowest BCUT2D eigenvalue weighted by atomic mass is 9.96. The highest BCUT2D eigenvalue weighted by Crippen LogP contribution is 2.31. The molecule has 2 atom stereocenters. The molecule has 4 N–H and O–H groups in total. The minimum absolute atomic E-state index is 0.0131. The summed E-state index contributed by atoms with van der Waals surface area (Å²) in [6.45, 7) is 0. The third kappa shape index (κ3) is 2.64. The number of hydrogen-bond acceptors (Lipinski definition) is 3. The number of nitrogens with two attached hydrogens (primary N) is 1. The van der Waals surface area contributed by atoms with Crippen molar-refractivity contribution in [1.29, 1.82) is 0 Å². The predicted octanol–water partition coefficient (Wildman–Crippen LogP) is 2.78. The predicted molar refractivity (Wildman–Crippen MR) is 71.4 cm³/mol. The van der Waals surface area contributed by atoms with E-state index in [1.807, 2.05) is 30.3 Å². The summed E-state index contributed by atoms with van der Waals surface area (Å²) in [4.78, 5) is 0. The van der Waals surface area contributed by atoms with Crippen molar-refractivity contribution in [3.8, 4) is 5.75 Å². The van der Waals surface area contributed by atoms with Crippen LogP contribution in [0.25, 0.3) is 0 Å². The Morgan fingerprint density at radius 1 is 1.00 bits per heavy atom. The van der Waals surface area contributed by atoms with Gasteiger partial charge in [0.2, 0.25) is 0 Å². The first-order valence-corrected chi connectivity index (χ1v) is 5.94. The molecule has 0 fully saturated rings. The molecule has 0 radical (unpaired) electrons. The number of hydrogen-bond donors (Lipinski definition) is 3. The van der Waals surface area contributed by atoms with Gasteiger partial charge in [0.25, 0.3) is 0 Å². The van der Waals surface area contributed by atoms with Crippen LogP contribution in [0.3, 0.4) is 0 Å². The number of phenols is 1. The Kier molecular flexibility index (Phi) is 3.87. The van der Waals surface area contributed by atoms with E-state index in [4.69, 9.17) is 17.3 Å². The lowest BCUT2D eigenvalue weighted by molar-refractivity contribution is 0.147. The zero-order chi connectivity index (χ0) is 13.1. The Bertz CT molecular complexity index is 531. The molecule has 0 saturated heterocycles. The van der Waals surface area contributed by atoms with Crippen LogP contribution in [0.15, 0.2) is 48.5 Å². The standard InChI is InChI=1S/C14H14ClNO2/c15-11-8-10(6-7-12(11)17)14(18)13(16)9-4-2-1-3-5-9/h1-8,13-14,17-18H,16H2. The van der Waals surface area contributed by atoms with Crippen LogP contribution in [0.1, 0.15) is 23.3 Å². The van der Waals surface area contributed by atoms with Crippen molar-refractivity contribution < 1.29 is 10.2 Å². The largest absolute Gasteiger partial charge is 0.506 e. The molecule has 2 rings (SSSR count). The number of aromatic hydroxyl groups is 1. The van der Waals surface area contributed by atoms with Crippen LogP contribution >= 0.6 is 11.6 Å². The van der Waals surface area contributed by atoms with Crippen LogP contribution in [-0.2, 0) is 0 Å². The SMILES string of the molecule is NC(c1ccccc1)C(O)c1ccc(O)c(Cl)c1. The molecule has 4 heteroatoms. The average molecular weight is 264 g/mol. The Balaban J connectivity index is 2.25. The highest BCUT2D eigenvalue weighted by molar-refractivity contribution is 6.32. The van der Waals surface area contributed by atoms with Crippen LogP contribution < -0.4 is 5.73 Å². The smallest absolute Gasteiger partial charge is 0.134 e. The molecule has 2 unspecified atom stereocenters. The Hall–Kier alpha value is -1.55. The molecule has 0 amide bonds. The maximum atomic E-state index is 10.2. The summed E-state index contributed by atoms with van der Waals surface area (Å²) in [6, 6.07) is 13.4. The van der Waals surface area contributed by atoms with E-state index in [0.29, 0.717) is 5.56 Å². The van der Waals surface area contributed by atoms with Crippen molar-refractivity contribution in [2.24, 2.45) is 5.73 Å². The minimum Gasteiger partial charge on any atom is -0.506 e. The highest BCUT2D eigenvalue weighted by atomic mass is 35.5. The lowest BCUT2D eigenvalue weighted by Crippen LogP contribution is -2.19. The normalized spacial score (nSPS) is 14.2. The van der Waals surface area contributed by atoms with E-state index in [1.54, 1.807) is 6.07 Å². The summed E-state index contributed by atoms with van der Waals surface area (Å²) in [6.07, 6.45) is -0.870. The number of aliphatic hydroxyl groups excluding tert-OH is 1. The summed E-state index contributed by atoms with van der Waals surface area (Å²) in [5.74, 6) is -0.0131. The second kappa shape index (κ2) is 5.40. The minimum atomic E-state index is -0.870. The van der Waals surface area contributed by atoms with Gasteiger partial charge in [0.15, 0.2) is 0 Å². The van der Waals surface area contributed by atoms with E-state index in [2.05, 4.69) is 0 Å². The van der Waals surface area contributed by atoms with Crippen LogP contribution in [0.5, 0.6) is 5.75 Å². The van der Waals surface area contributed by atoms with Gasteiger partial charge in [-0.2, -0.15) is 0 Å². The van der Waals surface area contributed by atoms with Crippen molar-refractivity contribution in [3.05, 3.63) is 64.7 Å². The van der Waals surface area contributed by atoms with Crippen LogP contribution in [0.2, 0.25) is 5.02 Å². The molecule has 2 aromatic rings. The lowest BCUT2D eigenvalue weighted by Gasteiger charge is -2.20. The molecule has 0 saturated carbocycles. The number of phenolic OH excluding ortho intramolecular Hbond substituents is 1. The first-order chi connectivity index (χ1) is 8.59. The Morgan fingerprint density at radius 3 is 2.28 bits per heavy atom. The van der Waals surface area contributed by atoms with E-state index in [0.717, 1.165) is 5.56 Å². The van der Waals surface area contributed by atoms with E-state index in [1.165, 1.54) is 12.1 Å². The van der Waals surface area contributed by atoms with Gasteiger partial charge in [0.05, 0.1) is 17.2 Å². The molecular formula is C14H14ClNO2. The van der Waals surface area contributed by atoms with Crippen molar-refractivity contribution in [1.82, 2.24) is 0 Å². The van der Waals surface area contributed by atoms with Crippen LogP contribution in [0, 0.1) is 0 Å². The fraction of sp³-hybridized carbons (Fsp3) is 0.143. The molecular weight excluding hydrogens is 250 g/mol. The van der Waals surface area contributed by atoms with E-state index in [9.17, 15) is 10.2 Å². The maximum Gasteiger partial charge on any atom is 0.134 e. The topological polar surface area (TPSA) is 66.5 Å². The second-order valence-electron chi connectivity index (χ2n) is 4.09. The third-order valence-corrected chi connectivity index (χ3v) is 3.14. The van der Waals surface area contributed by atoms with Gasteiger partial charge in [0.1, 0.15) is 5.75 Å². The number of halogens is 1. The summed E-state index contributed by atoms with van der Waals surface area (Å²) in [7, 11) is 0. The summed E-state index contributed by atoms with van der Waals surface area (Å²) in [5.41, 5.74) is 7.42. The first-order valence-electron chi connectivity index (χ1n) is 5.56. The van der Waals surface area contributed by atoms with Gasteiger partial charge in [-0.1, -0.05) is 48.0 Å². The van der Waals surface area contributed by atoms with Gasteiger partial charge in [-0.05, 0) is 23.3 Å². The molecule has 0 heterocycles. The van der Waals surface area contributed by atoms with Gasteiger partial charge in [-0.25, -0.2) is 0 Å². The van der Waals surface area contributed by atoms with Gasteiger partial charge < -0.3 is 15.9 Å². The summed E-state index contributed by atoms with van der Waals surface area (Å²) >= 11 is 5.81. The van der Waals surface area contributed by atoms with Crippen LogP contribution in [-0.4, -0.2) is 10.2 Å². The quantitative estimate of drug-likeness (QED) is 0.798. The molecule has 0 bridgehead atoms. The number of rotatable bonds is 3. The molecule has 0 aromatic heterocycles. The van der Waals surface area contributed by atoms with Crippen molar-refractivity contribution >= 4 is 11.6 Å². The monoisotopic (exact) mass is 263 g/mol. The Morgan fingerprint density at radius 2 is 1.67 bits per heavy atom. The second-order valence-corrected chi connectivity index (χ2v) is 4.50. The van der Waals surface area contributed by atoms with Gasteiger partial charge in [-0.15, -0.1) is 0 Å². The first kappa shape index (κ1) is 12.9. The molecule has 94 valence electrons. The molecule has 0 aliphatic carbocycles. The third-order valence-electron chi connectivity index (χ3n) is 2.84. The van der Waals surface area contributed by atoms with E-state index >= 15 is 0 Å². The van der Waals surface area contributed by atoms with Crippen molar-refractivity contribution in [2.75, 3.05) is 0 Å². The average Bonchev–Trinajstić information content (AvgIpc) is 2.41. The maximum absolute atomic E-state index is 10.2. The van der Waals surface area contributed by atoms with E-state index < -0.39 is 12.1 Å². The van der Waals surface area contributed by atoms with Crippen molar-refractivity contribution in [2.45, 2.75) is 12.1 Å². The van der Waals surface area contributed by atoms with Crippen LogP contribution in [0.4, 0.5) is 0 Å². The molecule has 0 aliphatic rings. The van der Waals surface area contributed by atoms with Gasteiger partial charge in [0, 0.05) is 0 Å².